The van der Waals surface area contributed by atoms with E-state index in [0.717, 1.165) is 28.1 Å². The van der Waals surface area contributed by atoms with Crippen molar-refractivity contribution < 1.29 is 14.3 Å². The maximum atomic E-state index is 13.5. The molecule has 0 unspecified atom stereocenters. The summed E-state index contributed by atoms with van der Waals surface area (Å²) in [6.07, 6.45) is 0.510. The minimum absolute atomic E-state index is 0.126. The molecule has 36 heavy (non-hydrogen) atoms. The zero-order valence-corrected chi connectivity index (χ0v) is 20.9. The minimum Gasteiger partial charge on any atom is -0.497 e. The topological polar surface area (TPSA) is 83.4 Å². The monoisotopic (exact) mass is 498 g/mol. The molecule has 1 N–H and O–H groups in total. The number of hydrogen-bond acceptors (Lipinski definition) is 6. The van der Waals surface area contributed by atoms with E-state index in [-0.39, 0.29) is 11.8 Å². The van der Waals surface area contributed by atoms with Crippen molar-refractivity contribution in [3.8, 4) is 5.75 Å². The van der Waals surface area contributed by atoms with Gasteiger partial charge in [0, 0.05) is 18.5 Å². The van der Waals surface area contributed by atoms with Crippen LogP contribution in [0, 0.1) is 0 Å². The first-order chi connectivity index (χ1) is 17.5. The quantitative estimate of drug-likeness (QED) is 0.526. The Morgan fingerprint density at radius 2 is 1.81 bits per heavy atom. The Hall–Kier alpha value is -3.91. The van der Waals surface area contributed by atoms with Gasteiger partial charge in [0.2, 0.25) is 5.91 Å². The number of para-hydroxylation sites is 1. The largest absolute Gasteiger partial charge is 0.497 e. The van der Waals surface area contributed by atoms with Crippen molar-refractivity contribution in [3.05, 3.63) is 95.6 Å². The van der Waals surface area contributed by atoms with Gasteiger partial charge in [-0.2, -0.15) is 0 Å². The first-order valence-electron chi connectivity index (χ1n) is 11.7. The van der Waals surface area contributed by atoms with Crippen LogP contribution in [0.4, 0.5) is 5.69 Å². The molecular formula is C28H26N4O3S. The van der Waals surface area contributed by atoms with Gasteiger partial charge in [-0.1, -0.05) is 66.4 Å². The highest BCUT2D eigenvalue weighted by atomic mass is 32.2. The summed E-state index contributed by atoms with van der Waals surface area (Å²) in [5, 5.41) is 2.97. The normalized spacial score (nSPS) is 17.0. The Balaban J connectivity index is 1.33. The highest BCUT2D eigenvalue weighted by Crippen LogP contribution is 2.35. The number of fused-ring (bicyclic) bond motifs is 3. The summed E-state index contributed by atoms with van der Waals surface area (Å²) in [5.74, 6) is 1.07. The second-order valence-electron chi connectivity index (χ2n) is 8.57. The molecule has 5 rings (SSSR count). The zero-order chi connectivity index (χ0) is 25.1. The highest BCUT2D eigenvalue weighted by molar-refractivity contribution is 8.15. The van der Waals surface area contributed by atoms with Crippen LogP contribution >= 0.6 is 11.8 Å². The number of benzene rings is 3. The molecule has 0 bridgehead atoms. The van der Waals surface area contributed by atoms with Crippen LogP contribution in [-0.2, 0) is 22.6 Å². The summed E-state index contributed by atoms with van der Waals surface area (Å²) < 4.78 is 5.25. The lowest BCUT2D eigenvalue weighted by Crippen LogP contribution is -2.43. The van der Waals surface area contributed by atoms with E-state index in [1.54, 1.807) is 12.0 Å². The summed E-state index contributed by atoms with van der Waals surface area (Å²) in [5.41, 5.74) is 3.55. The lowest BCUT2D eigenvalue weighted by molar-refractivity contribution is -0.124. The van der Waals surface area contributed by atoms with Gasteiger partial charge in [-0.25, -0.2) is 9.89 Å². The molecule has 8 heteroatoms. The molecule has 3 aromatic rings. The second-order valence-corrected chi connectivity index (χ2v) is 9.88. The number of aliphatic imine (C=N–C) groups is 2. The molecule has 0 aromatic heterocycles. The van der Waals surface area contributed by atoms with Gasteiger partial charge in [0.05, 0.1) is 18.0 Å². The number of hydrogen-bond donors (Lipinski definition) is 1. The van der Waals surface area contributed by atoms with E-state index in [4.69, 9.17) is 14.7 Å². The van der Waals surface area contributed by atoms with Gasteiger partial charge in [0.1, 0.15) is 17.6 Å². The summed E-state index contributed by atoms with van der Waals surface area (Å²) in [7, 11) is 1.61. The molecular weight excluding hydrogens is 472 g/mol. The average molecular weight is 499 g/mol. The fourth-order valence-electron chi connectivity index (χ4n) is 4.18. The highest BCUT2D eigenvalue weighted by Gasteiger charge is 2.42. The van der Waals surface area contributed by atoms with Gasteiger partial charge in [0.15, 0.2) is 5.17 Å². The lowest BCUT2D eigenvalue weighted by atomic mass is 10.1. The van der Waals surface area contributed by atoms with Crippen molar-refractivity contribution in [3.63, 3.8) is 0 Å². The Bertz CT molecular complexity index is 1360. The molecule has 0 saturated heterocycles. The molecule has 2 heterocycles. The van der Waals surface area contributed by atoms with Gasteiger partial charge in [-0.3, -0.25) is 14.6 Å². The van der Waals surface area contributed by atoms with Gasteiger partial charge in [-0.05, 0) is 42.3 Å². The van der Waals surface area contributed by atoms with E-state index < -0.39 is 11.3 Å². The third kappa shape index (κ3) is 4.90. The Kier molecular flexibility index (Phi) is 6.86. The number of thioether (sulfide) groups is 1. The van der Waals surface area contributed by atoms with E-state index in [9.17, 15) is 9.59 Å². The number of nitrogens with zero attached hydrogens (tertiary/aromatic N) is 3. The molecule has 0 spiro atoms. The number of carbonyl (C=O) groups is 2. The second kappa shape index (κ2) is 10.4. The molecule has 0 saturated carbocycles. The smallest absolute Gasteiger partial charge is 0.259 e. The maximum absolute atomic E-state index is 13.5. The summed E-state index contributed by atoms with van der Waals surface area (Å²) in [4.78, 5) is 37.5. The third-order valence-electron chi connectivity index (χ3n) is 6.07. The van der Waals surface area contributed by atoms with Crippen LogP contribution < -0.4 is 10.1 Å². The van der Waals surface area contributed by atoms with E-state index >= 15 is 0 Å². The average Bonchev–Trinajstić information content (AvgIpc) is 3.24. The molecule has 0 aliphatic carbocycles. The zero-order valence-electron chi connectivity index (χ0n) is 20.0. The van der Waals surface area contributed by atoms with E-state index in [1.165, 1.54) is 11.8 Å². The Morgan fingerprint density at radius 1 is 1.06 bits per heavy atom. The van der Waals surface area contributed by atoms with Crippen LogP contribution in [0.5, 0.6) is 5.75 Å². The SMILES string of the molecule is COc1cccc(CNC(=O)[C@H](C)SC2=Nc3ccccc3C3=N[C@H](Cc4ccccc4)C(=O)N23)c1. The van der Waals surface area contributed by atoms with Crippen LogP contribution in [0.2, 0.25) is 0 Å². The van der Waals surface area contributed by atoms with Gasteiger partial charge in [0.25, 0.3) is 5.91 Å². The molecule has 3 aromatic carbocycles. The molecule has 2 atom stereocenters. The lowest BCUT2D eigenvalue weighted by Gasteiger charge is -2.27. The number of amidine groups is 2. The van der Waals surface area contributed by atoms with Crippen molar-refractivity contribution >= 4 is 40.3 Å². The van der Waals surface area contributed by atoms with Gasteiger partial charge >= 0.3 is 0 Å². The maximum Gasteiger partial charge on any atom is 0.259 e. The molecule has 2 aliphatic rings. The van der Waals surface area contributed by atoms with Crippen LogP contribution in [0.3, 0.4) is 0 Å². The van der Waals surface area contributed by atoms with E-state index in [2.05, 4.69) is 5.32 Å². The summed E-state index contributed by atoms with van der Waals surface area (Å²) in [6.45, 7) is 2.19. The van der Waals surface area contributed by atoms with Crippen molar-refractivity contribution in [1.82, 2.24) is 10.2 Å². The summed E-state index contributed by atoms with van der Waals surface area (Å²) >= 11 is 1.26. The van der Waals surface area contributed by atoms with Crippen LogP contribution in [0.15, 0.2) is 88.8 Å². The first-order valence-corrected chi connectivity index (χ1v) is 12.6. The van der Waals surface area contributed by atoms with Crippen LogP contribution in [0.1, 0.15) is 23.6 Å². The number of methoxy groups -OCH3 is 1. The molecule has 0 fully saturated rings. The minimum atomic E-state index is -0.531. The molecule has 2 amide bonds. The fourth-order valence-corrected chi connectivity index (χ4v) is 5.12. The Morgan fingerprint density at radius 3 is 2.61 bits per heavy atom. The fraction of sp³-hybridized carbons (Fsp3) is 0.214. The number of carbonyl (C=O) groups excluding carboxylic acids is 2. The summed E-state index contributed by atoms with van der Waals surface area (Å²) in [6, 6.07) is 24.5. The van der Waals surface area contributed by atoms with Gasteiger partial charge in [-0.15, -0.1) is 0 Å². The van der Waals surface area contributed by atoms with E-state index in [1.807, 2.05) is 85.8 Å². The molecule has 0 radical (unpaired) electrons. The number of ether oxygens (including phenoxy) is 1. The number of nitrogens with one attached hydrogen (secondary N) is 1. The molecule has 7 nitrogen and oxygen atoms in total. The van der Waals surface area contributed by atoms with Crippen LogP contribution in [-0.4, -0.2) is 46.1 Å². The standard InChI is InChI=1S/C28H26N4O3S/c1-18(26(33)29-17-20-11-8-12-21(15-20)35-2)36-28-31-23-14-7-6-13-22(23)25-30-24(27(34)32(25)28)16-19-9-4-3-5-10-19/h3-15,18,24H,16-17H2,1-2H3,(H,29,33)/t18-,24+/m0/s1. The van der Waals surface area contributed by atoms with Crippen molar-refractivity contribution in [2.45, 2.75) is 31.2 Å². The predicted molar refractivity (Wildman–Crippen MR) is 143 cm³/mol. The number of rotatable bonds is 7. The number of amides is 2. The Labute approximate surface area is 214 Å². The first kappa shape index (κ1) is 23.8. The van der Waals surface area contributed by atoms with Gasteiger partial charge < -0.3 is 10.1 Å². The van der Waals surface area contributed by atoms with Crippen LogP contribution in [0.25, 0.3) is 0 Å². The predicted octanol–water partition coefficient (Wildman–Crippen LogP) is 4.33. The molecule has 182 valence electrons. The third-order valence-corrected chi connectivity index (χ3v) is 7.12. The van der Waals surface area contributed by atoms with Crippen molar-refractivity contribution in [2.75, 3.05) is 7.11 Å². The molecule has 2 aliphatic heterocycles. The van der Waals surface area contributed by atoms with Crippen molar-refractivity contribution in [2.24, 2.45) is 9.98 Å². The van der Waals surface area contributed by atoms with E-state index in [0.29, 0.717) is 24.0 Å². The van der Waals surface area contributed by atoms with Crippen molar-refractivity contribution in [1.29, 1.82) is 0 Å².